The molecule has 1 aromatic heterocycles. The molecule has 0 aliphatic heterocycles. The van der Waals surface area contributed by atoms with Crippen molar-refractivity contribution < 1.29 is 9.84 Å². The average Bonchev–Trinajstić information content (AvgIpc) is 2.44. The van der Waals surface area contributed by atoms with Gasteiger partial charge in [-0.2, -0.15) is 5.10 Å². The smallest absolute Gasteiger partial charge is 0.266 e. The van der Waals surface area contributed by atoms with Crippen LogP contribution in [-0.2, 0) is 6.54 Å². The Bertz CT molecular complexity index is 685. The second-order valence-corrected chi connectivity index (χ2v) is 5.30. The van der Waals surface area contributed by atoms with Crippen LogP contribution in [0, 0.1) is 13.8 Å². The molecule has 0 spiro atoms. The number of hydrogen-bond acceptors (Lipinski definition) is 4. The van der Waals surface area contributed by atoms with Crippen molar-refractivity contribution in [2.24, 2.45) is 0 Å². The van der Waals surface area contributed by atoms with E-state index in [0.29, 0.717) is 16.5 Å². The molecule has 1 atom stereocenters. The molecule has 1 N–H and O–H groups in total. The third kappa shape index (κ3) is 4.31. The number of ether oxygens (including phenoxy) is 1. The SMILES string of the molecule is Cc1ccc(Cl)c(OC[C@H](O)Cn2nc(C)ccc2=O)c1. The van der Waals surface area contributed by atoms with Crippen LogP contribution in [0.15, 0.2) is 35.1 Å². The Balaban J connectivity index is 1.99. The quantitative estimate of drug-likeness (QED) is 0.917. The normalized spacial score (nSPS) is 12.2. The van der Waals surface area contributed by atoms with Crippen LogP contribution in [0.4, 0.5) is 0 Å². The first-order valence-corrected chi connectivity index (χ1v) is 6.95. The highest BCUT2D eigenvalue weighted by molar-refractivity contribution is 6.32. The van der Waals surface area contributed by atoms with Gasteiger partial charge in [0, 0.05) is 6.07 Å². The van der Waals surface area contributed by atoms with E-state index in [2.05, 4.69) is 5.10 Å². The second-order valence-electron chi connectivity index (χ2n) is 4.89. The van der Waals surface area contributed by atoms with E-state index in [1.54, 1.807) is 25.1 Å². The van der Waals surface area contributed by atoms with Crippen molar-refractivity contribution in [3.05, 3.63) is 57.0 Å². The molecular formula is C15H17ClN2O3. The van der Waals surface area contributed by atoms with Gasteiger partial charge < -0.3 is 9.84 Å². The highest BCUT2D eigenvalue weighted by Gasteiger charge is 2.10. The van der Waals surface area contributed by atoms with Gasteiger partial charge in [0.25, 0.3) is 5.56 Å². The predicted octanol–water partition coefficient (Wildman–Crippen LogP) is 1.95. The summed E-state index contributed by atoms with van der Waals surface area (Å²) < 4.78 is 6.72. The van der Waals surface area contributed by atoms with Crippen LogP contribution in [0.1, 0.15) is 11.3 Å². The summed E-state index contributed by atoms with van der Waals surface area (Å²) in [6.45, 7) is 3.82. The van der Waals surface area contributed by atoms with Crippen LogP contribution in [-0.4, -0.2) is 27.6 Å². The van der Waals surface area contributed by atoms with Crippen LogP contribution in [0.25, 0.3) is 0 Å². The molecule has 0 aliphatic rings. The Morgan fingerprint density at radius 1 is 1.33 bits per heavy atom. The molecular weight excluding hydrogens is 292 g/mol. The molecule has 1 aromatic carbocycles. The molecule has 0 unspecified atom stereocenters. The molecule has 1 heterocycles. The summed E-state index contributed by atoms with van der Waals surface area (Å²) >= 11 is 6.01. The Morgan fingerprint density at radius 2 is 2.10 bits per heavy atom. The topological polar surface area (TPSA) is 64.3 Å². The van der Waals surface area contributed by atoms with Gasteiger partial charge in [0.05, 0.1) is 17.3 Å². The summed E-state index contributed by atoms with van der Waals surface area (Å²) in [6, 6.07) is 8.47. The number of aliphatic hydroxyl groups excluding tert-OH is 1. The van der Waals surface area contributed by atoms with Gasteiger partial charge in [0.2, 0.25) is 0 Å². The van der Waals surface area contributed by atoms with Crippen LogP contribution < -0.4 is 10.3 Å². The van der Waals surface area contributed by atoms with Crippen LogP contribution in [0.5, 0.6) is 5.75 Å². The van der Waals surface area contributed by atoms with E-state index in [-0.39, 0.29) is 18.7 Å². The standard InChI is InChI=1S/C15H17ClN2O3/c1-10-3-5-13(16)14(7-10)21-9-12(19)8-18-15(20)6-4-11(2)17-18/h3-7,12,19H,8-9H2,1-2H3/t12-/m1/s1. The number of nitrogens with zero attached hydrogens (tertiary/aromatic N) is 2. The van der Waals surface area contributed by atoms with Gasteiger partial charge in [0.1, 0.15) is 18.5 Å². The average molecular weight is 309 g/mol. The molecule has 2 rings (SSSR count). The Morgan fingerprint density at radius 3 is 2.86 bits per heavy atom. The van der Waals surface area contributed by atoms with Gasteiger partial charge >= 0.3 is 0 Å². The largest absolute Gasteiger partial charge is 0.489 e. The molecule has 0 saturated carbocycles. The van der Waals surface area contributed by atoms with E-state index >= 15 is 0 Å². The molecule has 21 heavy (non-hydrogen) atoms. The molecule has 0 aliphatic carbocycles. The van der Waals surface area contributed by atoms with E-state index in [4.69, 9.17) is 16.3 Å². The lowest BCUT2D eigenvalue weighted by molar-refractivity contribution is 0.0878. The van der Waals surface area contributed by atoms with Crippen molar-refractivity contribution in [1.82, 2.24) is 9.78 Å². The van der Waals surface area contributed by atoms with E-state index in [9.17, 15) is 9.90 Å². The third-order valence-electron chi connectivity index (χ3n) is 2.90. The lowest BCUT2D eigenvalue weighted by Crippen LogP contribution is -2.31. The Labute approximate surface area is 127 Å². The van der Waals surface area contributed by atoms with Crippen molar-refractivity contribution in [3.8, 4) is 5.75 Å². The molecule has 0 bridgehead atoms. The van der Waals surface area contributed by atoms with Crippen molar-refractivity contribution in [2.45, 2.75) is 26.5 Å². The van der Waals surface area contributed by atoms with E-state index < -0.39 is 6.10 Å². The van der Waals surface area contributed by atoms with Crippen LogP contribution in [0.2, 0.25) is 5.02 Å². The van der Waals surface area contributed by atoms with E-state index in [1.807, 2.05) is 13.0 Å². The van der Waals surface area contributed by atoms with Crippen molar-refractivity contribution in [3.63, 3.8) is 0 Å². The number of benzene rings is 1. The highest BCUT2D eigenvalue weighted by Crippen LogP contribution is 2.25. The Kier molecular flexibility index (Phi) is 4.98. The van der Waals surface area contributed by atoms with Gasteiger partial charge in [-0.05, 0) is 37.6 Å². The number of aromatic nitrogens is 2. The minimum absolute atomic E-state index is 0.0330. The third-order valence-corrected chi connectivity index (χ3v) is 3.21. The van der Waals surface area contributed by atoms with E-state index in [1.165, 1.54) is 10.7 Å². The molecule has 6 heteroatoms. The summed E-state index contributed by atoms with van der Waals surface area (Å²) in [5.74, 6) is 0.514. The summed E-state index contributed by atoms with van der Waals surface area (Å²) in [4.78, 5) is 11.6. The van der Waals surface area contributed by atoms with Crippen molar-refractivity contribution in [2.75, 3.05) is 6.61 Å². The van der Waals surface area contributed by atoms with Crippen LogP contribution in [0.3, 0.4) is 0 Å². The number of aryl methyl sites for hydroxylation is 2. The van der Waals surface area contributed by atoms with Crippen LogP contribution >= 0.6 is 11.6 Å². The summed E-state index contributed by atoms with van der Waals surface area (Å²) in [5, 5.41) is 14.5. The number of rotatable bonds is 5. The predicted molar refractivity (Wildman–Crippen MR) is 80.9 cm³/mol. The van der Waals surface area contributed by atoms with E-state index in [0.717, 1.165) is 5.56 Å². The molecule has 0 fully saturated rings. The Hall–Kier alpha value is -1.85. The number of halogens is 1. The molecule has 112 valence electrons. The fraction of sp³-hybridized carbons (Fsp3) is 0.333. The summed E-state index contributed by atoms with van der Waals surface area (Å²) in [6.07, 6.45) is -0.853. The maximum absolute atomic E-state index is 11.6. The first-order valence-electron chi connectivity index (χ1n) is 6.57. The van der Waals surface area contributed by atoms with Gasteiger partial charge in [0.15, 0.2) is 0 Å². The molecule has 0 radical (unpaired) electrons. The summed E-state index contributed by atoms with van der Waals surface area (Å²) in [7, 11) is 0. The molecule has 5 nitrogen and oxygen atoms in total. The van der Waals surface area contributed by atoms with Gasteiger partial charge in [-0.15, -0.1) is 0 Å². The minimum atomic E-state index is -0.853. The van der Waals surface area contributed by atoms with Crippen molar-refractivity contribution >= 4 is 11.6 Å². The van der Waals surface area contributed by atoms with Crippen molar-refractivity contribution in [1.29, 1.82) is 0 Å². The molecule has 0 amide bonds. The van der Waals surface area contributed by atoms with Gasteiger partial charge in [-0.3, -0.25) is 4.79 Å². The number of aliphatic hydroxyl groups is 1. The first kappa shape index (κ1) is 15.5. The first-order chi connectivity index (χ1) is 9.95. The summed E-state index contributed by atoms with van der Waals surface area (Å²) in [5.41, 5.74) is 1.47. The maximum Gasteiger partial charge on any atom is 0.266 e. The molecule has 2 aromatic rings. The maximum atomic E-state index is 11.6. The fourth-order valence-electron chi connectivity index (χ4n) is 1.84. The lowest BCUT2D eigenvalue weighted by Gasteiger charge is -2.14. The minimum Gasteiger partial charge on any atom is -0.489 e. The molecule has 0 saturated heterocycles. The monoisotopic (exact) mass is 308 g/mol. The zero-order valence-corrected chi connectivity index (χ0v) is 12.7. The fourth-order valence-corrected chi connectivity index (χ4v) is 2.01. The van der Waals surface area contributed by atoms with Gasteiger partial charge in [-0.1, -0.05) is 17.7 Å². The number of hydrogen-bond donors (Lipinski definition) is 1. The highest BCUT2D eigenvalue weighted by atomic mass is 35.5. The second kappa shape index (κ2) is 6.74. The van der Waals surface area contributed by atoms with Gasteiger partial charge in [-0.25, -0.2) is 4.68 Å². The zero-order chi connectivity index (χ0) is 15.4. The zero-order valence-electron chi connectivity index (χ0n) is 11.9. The lowest BCUT2D eigenvalue weighted by atomic mass is 10.2.